The molecular formula is C19H19N3OS. The second-order valence-electron chi connectivity index (χ2n) is 5.73. The van der Waals surface area contributed by atoms with E-state index in [1.165, 1.54) is 22.9 Å². The average Bonchev–Trinajstić information content (AvgIpc) is 2.92. The van der Waals surface area contributed by atoms with Gasteiger partial charge in [-0.1, -0.05) is 65.9 Å². The maximum absolute atomic E-state index is 12.1. The maximum atomic E-state index is 12.1. The lowest BCUT2D eigenvalue weighted by atomic mass is 10.1. The third kappa shape index (κ3) is 3.92. The van der Waals surface area contributed by atoms with E-state index in [4.69, 9.17) is 0 Å². The van der Waals surface area contributed by atoms with Crippen LogP contribution in [0.25, 0.3) is 0 Å². The van der Waals surface area contributed by atoms with Crippen LogP contribution in [0.2, 0.25) is 0 Å². The van der Waals surface area contributed by atoms with Crippen LogP contribution in [0.5, 0.6) is 0 Å². The van der Waals surface area contributed by atoms with Gasteiger partial charge in [-0.3, -0.25) is 9.69 Å². The molecule has 1 saturated heterocycles. The molecule has 4 nitrogen and oxygen atoms in total. The Labute approximate surface area is 146 Å². The summed E-state index contributed by atoms with van der Waals surface area (Å²) in [5.41, 5.74) is 4.50. The molecule has 1 fully saturated rings. The summed E-state index contributed by atoms with van der Waals surface area (Å²) in [6.45, 7) is 4.64. The summed E-state index contributed by atoms with van der Waals surface area (Å²) in [5.74, 6) is 0.498. The minimum atomic E-state index is 0.0764. The van der Waals surface area contributed by atoms with Crippen LogP contribution in [0, 0.1) is 13.8 Å². The molecule has 0 N–H and O–H groups in total. The lowest BCUT2D eigenvalue weighted by molar-refractivity contribution is -0.124. The summed E-state index contributed by atoms with van der Waals surface area (Å²) in [6.07, 6.45) is 1.71. The topological polar surface area (TPSA) is 45.0 Å². The van der Waals surface area contributed by atoms with Crippen molar-refractivity contribution in [3.05, 3.63) is 70.8 Å². The Morgan fingerprint density at radius 1 is 1.12 bits per heavy atom. The van der Waals surface area contributed by atoms with Gasteiger partial charge in [0.05, 0.1) is 18.5 Å². The van der Waals surface area contributed by atoms with E-state index in [1.54, 1.807) is 11.1 Å². The van der Waals surface area contributed by atoms with Crippen molar-refractivity contribution in [1.29, 1.82) is 0 Å². The average molecular weight is 337 g/mol. The number of hydrogen-bond acceptors (Lipinski definition) is 4. The van der Waals surface area contributed by atoms with Crippen molar-refractivity contribution in [3.63, 3.8) is 0 Å². The molecule has 1 heterocycles. The molecule has 1 aliphatic rings. The molecule has 122 valence electrons. The standard InChI is InChI=1S/C19H19N3OS/c1-14-7-9-16(10-8-14)11-20-21-19-22(18(23)13-24-19)12-17-6-4-3-5-15(17)2/h3-11H,12-13H2,1-2H3/b20-11+,21-19+. The summed E-state index contributed by atoms with van der Waals surface area (Å²) < 4.78 is 0. The van der Waals surface area contributed by atoms with E-state index in [2.05, 4.69) is 23.2 Å². The van der Waals surface area contributed by atoms with Gasteiger partial charge >= 0.3 is 0 Å². The number of aryl methyl sites for hydroxylation is 2. The molecule has 0 aromatic heterocycles. The van der Waals surface area contributed by atoms with Gasteiger partial charge in [-0.05, 0) is 30.5 Å². The van der Waals surface area contributed by atoms with E-state index >= 15 is 0 Å². The van der Waals surface area contributed by atoms with Gasteiger partial charge < -0.3 is 0 Å². The molecule has 1 aliphatic heterocycles. The van der Waals surface area contributed by atoms with E-state index in [0.29, 0.717) is 17.5 Å². The number of nitrogens with zero attached hydrogens (tertiary/aromatic N) is 3. The first-order valence-electron chi connectivity index (χ1n) is 7.79. The molecule has 0 radical (unpaired) electrons. The summed E-state index contributed by atoms with van der Waals surface area (Å²) in [7, 11) is 0. The zero-order chi connectivity index (χ0) is 16.9. The zero-order valence-electron chi connectivity index (χ0n) is 13.8. The lowest BCUT2D eigenvalue weighted by Gasteiger charge is -2.16. The van der Waals surface area contributed by atoms with Crippen LogP contribution in [0.15, 0.2) is 58.7 Å². The molecule has 1 amide bonds. The van der Waals surface area contributed by atoms with E-state index in [1.807, 2.05) is 49.4 Å². The number of benzene rings is 2. The van der Waals surface area contributed by atoms with Gasteiger partial charge in [0.25, 0.3) is 0 Å². The lowest BCUT2D eigenvalue weighted by Crippen LogP contribution is -2.29. The molecule has 0 atom stereocenters. The van der Waals surface area contributed by atoms with Crippen molar-refractivity contribution >= 4 is 29.1 Å². The Morgan fingerprint density at radius 2 is 1.88 bits per heavy atom. The maximum Gasteiger partial charge on any atom is 0.239 e. The molecular weight excluding hydrogens is 318 g/mol. The summed E-state index contributed by atoms with van der Waals surface area (Å²) >= 11 is 1.43. The van der Waals surface area contributed by atoms with Gasteiger partial charge in [0, 0.05) is 0 Å². The van der Waals surface area contributed by atoms with Gasteiger partial charge in [0.1, 0.15) is 0 Å². The number of amidine groups is 1. The van der Waals surface area contributed by atoms with Gasteiger partial charge in [-0.2, -0.15) is 5.10 Å². The third-order valence-electron chi connectivity index (χ3n) is 3.87. The first-order valence-corrected chi connectivity index (χ1v) is 8.77. The summed E-state index contributed by atoms with van der Waals surface area (Å²) in [5, 5.41) is 9.06. The third-order valence-corrected chi connectivity index (χ3v) is 4.83. The Kier molecular flexibility index (Phi) is 5.11. The largest absolute Gasteiger partial charge is 0.285 e. The van der Waals surface area contributed by atoms with Crippen LogP contribution in [0.1, 0.15) is 22.3 Å². The van der Waals surface area contributed by atoms with Crippen molar-refractivity contribution in [3.8, 4) is 0 Å². The quantitative estimate of drug-likeness (QED) is 0.630. The van der Waals surface area contributed by atoms with Crippen molar-refractivity contribution in [2.75, 3.05) is 5.75 Å². The predicted octanol–water partition coefficient (Wildman–Crippen LogP) is 3.77. The second kappa shape index (κ2) is 7.45. The van der Waals surface area contributed by atoms with Crippen molar-refractivity contribution in [1.82, 2.24) is 4.90 Å². The molecule has 0 bridgehead atoms. The Morgan fingerprint density at radius 3 is 2.62 bits per heavy atom. The molecule has 2 aromatic carbocycles. The number of hydrogen-bond donors (Lipinski definition) is 0. The fraction of sp³-hybridized carbons (Fsp3) is 0.211. The molecule has 0 unspecified atom stereocenters. The number of rotatable bonds is 4. The number of carbonyl (C=O) groups excluding carboxylic acids is 1. The summed E-state index contributed by atoms with van der Waals surface area (Å²) in [4.78, 5) is 13.9. The van der Waals surface area contributed by atoms with E-state index in [0.717, 1.165) is 11.1 Å². The molecule has 0 saturated carbocycles. The Hall–Kier alpha value is -2.40. The Balaban J connectivity index is 1.75. The highest BCUT2D eigenvalue weighted by Gasteiger charge is 2.28. The number of thioether (sulfide) groups is 1. The molecule has 24 heavy (non-hydrogen) atoms. The van der Waals surface area contributed by atoms with Gasteiger partial charge in [-0.15, -0.1) is 5.10 Å². The fourth-order valence-electron chi connectivity index (χ4n) is 2.38. The van der Waals surface area contributed by atoms with Gasteiger partial charge in [-0.25, -0.2) is 0 Å². The van der Waals surface area contributed by atoms with E-state index in [-0.39, 0.29) is 5.91 Å². The molecule has 5 heteroatoms. The highest BCUT2D eigenvalue weighted by atomic mass is 32.2. The number of carbonyl (C=O) groups is 1. The van der Waals surface area contributed by atoms with Gasteiger partial charge in [0.2, 0.25) is 5.91 Å². The fourth-order valence-corrected chi connectivity index (χ4v) is 3.22. The minimum Gasteiger partial charge on any atom is -0.285 e. The number of amides is 1. The second-order valence-corrected chi connectivity index (χ2v) is 6.68. The highest BCUT2D eigenvalue weighted by Crippen LogP contribution is 2.23. The van der Waals surface area contributed by atoms with Crippen LogP contribution in [0.3, 0.4) is 0 Å². The van der Waals surface area contributed by atoms with Crippen molar-refractivity contribution in [2.24, 2.45) is 10.2 Å². The minimum absolute atomic E-state index is 0.0764. The smallest absolute Gasteiger partial charge is 0.239 e. The van der Waals surface area contributed by atoms with Crippen LogP contribution in [-0.2, 0) is 11.3 Å². The Bertz CT molecular complexity index is 797. The van der Waals surface area contributed by atoms with E-state index < -0.39 is 0 Å². The zero-order valence-corrected chi connectivity index (χ0v) is 14.6. The van der Waals surface area contributed by atoms with Crippen molar-refractivity contribution in [2.45, 2.75) is 20.4 Å². The molecule has 2 aromatic rings. The molecule has 0 spiro atoms. The van der Waals surface area contributed by atoms with Crippen LogP contribution in [-0.4, -0.2) is 27.9 Å². The van der Waals surface area contributed by atoms with Gasteiger partial charge in [0.15, 0.2) is 5.17 Å². The first-order chi connectivity index (χ1) is 11.6. The van der Waals surface area contributed by atoms with Crippen molar-refractivity contribution < 1.29 is 4.79 Å². The summed E-state index contributed by atoms with van der Waals surface area (Å²) in [6, 6.07) is 16.1. The van der Waals surface area contributed by atoms with Crippen LogP contribution < -0.4 is 0 Å². The highest BCUT2D eigenvalue weighted by molar-refractivity contribution is 8.15. The SMILES string of the molecule is Cc1ccc(/C=N/N=C2/SCC(=O)N2Cc2ccccc2C)cc1. The molecule has 3 rings (SSSR count). The van der Waals surface area contributed by atoms with Crippen LogP contribution in [0.4, 0.5) is 0 Å². The van der Waals surface area contributed by atoms with E-state index in [9.17, 15) is 4.79 Å². The van der Waals surface area contributed by atoms with Crippen LogP contribution >= 0.6 is 11.8 Å². The monoisotopic (exact) mass is 337 g/mol. The first kappa shape index (κ1) is 16.5. The molecule has 0 aliphatic carbocycles. The normalized spacial score (nSPS) is 16.5. The predicted molar refractivity (Wildman–Crippen MR) is 100 cm³/mol.